The molecule has 21 heavy (non-hydrogen) atoms. The van der Waals surface area contributed by atoms with Crippen molar-refractivity contribution in [2.75, 3.05) is 19.6 Å². The number of halogens is 3. The van der Waals surface area contributed by atoms with Crippen molar-refractivity contribution < 1.29 is 22.7 Å². The molecule has 0 aromatic carbocycles. The third-order valence-electron chi connectivity index (χ3n) is 3.90. The van der Waals surface area contributed by atoms with Crippen LogP contribution in [0.25, 0.3) is 0 Å². The van der Waals surface area contributed by atoms with Gasteiger partial charge in [0, 0.05) is 31.1 Å². The van der Waals surface area contributed by atoms with Crippen molar-refractivity contribution in [3.05, 3.63) is 0 Å². The molecule has 2 rings (SSSR count). The first-order valence-electron chi connectivity index (χ1n) is 7.26. The Kier molecular flexibility index (Phi) is 4.17. The molecule has 0 radical (unpaired) electrons. The van der Waals surface area contributed by atoms with E-state index in [1.807, 2.05) is 20.8 Å². The molecule has 1 heterocycles. The van der Waals surface area contributed by atoms with Crippen molar-refractivity contribution in [2.45, 2.75) is 57.9 Å². The van der Waals surface area contributed by atoms with E-state index in [2.05, 4.69) is 5.32 Å². The van der Waals surface area contributed by atoms with E-state index in [0.29, 0.717) is 13.1 Å². The van der Waals surface area contributed by atoms with Gasteiger partial charge < -0.3 is 15.0 Å². The van der Waals surface area contributed by atoms with Crippen LogP contribution in [0.5, 0.6) is 0 Å². The van der Waals surface area contributed by atoms with Gasteiger partial charge in [-0.25, -0.2) is 4.79 Å². The third-order valence-corrected chi connectivity index (χ3v) is 3.90. The number of nitrogens with zero attached hydrogens (tertiary/aromatic N) is 1. The average Bonchev–Trinajstić information content (AvgIpc) is 2.13. The fraction of sp³-hybridized carbons (Fsp3) is 0.929. The van der Waals surface area contributed by atoms with Crippen molar-refractivity contribution in [3.63, 3.8) is 0 Å². The second-order valence-electron chi connectivity index (χ2n) is 7.26. The van der Waals surface area contributed by atoms with Crippen LogP contribution in [0.4, 0.5) is 18.0 Å². The lowest BCUT2D eigenvalue weighted by molar-refractivity contribution is -0.135. The predicted octanol–water partition coefficient (Wildman–Crippen LogP) is 2.93. The number of amides is 1. The van der Waals surface area contributed by atoms with Crippen LogP contribution in [0.15, 0.2) is 0 Å². The van der Waals surface area contributed by atoms with E-state index in [1.165, 1.54) is 0 Å². The summed E-state index contributed by atoms with van der Waals surface area (Å²) in [6.45, 7) is 6.75. The zero-order valence-electron chi connectivity index (χ0n) is 12.7. The highest BCUT2D eigenvalue weighted by molar-refractivity contribution is 5.69. The highest BCUT2D eigenvalue weighted by Crippen LogP contribution is 2.48. The maximum absolute atomic E-state index is 12.0. The van der Waals surface area contributed by atoms with Crippen LogP contribution in [-0.2, 0) is 4.74 Å². The second kappa shape index (κ2) is 5.34. The van der Waals surface area contributed by atoms with Gasteiger partial charge in [-0.1, -0.05) is 0 Å². The van der Waals surface area contributed by atoms with E-state index in [9.17, 15) is 18.0 Å². The van der Waals surface area contributed by atoms with Crippen LogP contribution in [0.3, 0.4) is 0 Å². The van der Waals surface area contributed by atoms with E-state index in [1.54, 1.807) is 4.90 Å². The topological polar surface area (TPSA) is 41.6 Å². The molecular formula is C14H23F3N2O2. The number of alkyl halides is 3. The standard InChI is InChI=1S/C14H23F3N2O2/c1-12(2,3)21-11(20)19-8-13(9-19)6-10(7-13)18-5-4-14(15,16)17/h10,18H,4-9H2,1-3H3. The van der Waals surface area contributed by atoms with Crippen LogP contribution in [0.2, 0.25) is 0 Å². The second-order valence-corrected chi connectivity index (χ2v) is 7.26. The Bertz CT molecular complexity index is 390. The van der Waals surface area contributed by atoms with Gasteiger partial charge in [-0.3, -0.25) is 0 Å². The summed E-state index contributed by atoms with van der Waals surface area (Å²) >= 11 is 0. The molecule has 1 saturated heterocycles. The zero-order valence-corrected chi connectivity index (χ0v) is 12.7. The smallest absolute Gasteiger partial charge is 0.410 e. The van der Waals surface area contributed by atoms with Crippen molar-refractivity contribution in [2.24, 2.45) is 5.41 Å². The van der Waals surface area contributed by atoms with Gasteiger partial charge in [0.1, 0.15) is 5.60 Å². The van der Waals surface area contributed by atoms with Gasteiger partial charge in [-0.15, -0.1) is 0 Å². The van der Waals surface area contributed by atoms with E-state index in [-0.39, 0.29) is 24.1 Å². The Hall–Kier alpha value is -0.980. The fourth-order valence-corrected chi connectivity index (χ4v) is 3.03. The van der Waals surface area contributed by atoms with Crippen LogP contribution in [0, 0.1) is 5.41 Å². The molecule has 1 amide bonds. The zero-order chi connectivity index (χ0) is 15.9. The Morgan fingerprint density at radius 1 is 1.29 bits per heavy atom. The molecule has 7 heteroatoms. The number of carbonyl (C=O) groups excluding carboxylic acids is 1. The van der Waals surface area contributed by atoms with Crippen molar-refractivity contribution >= 4 is 6.09 Å². The molecule has 4 nitrogen and oxygen atoms in total. The molecule has 0 unspecified atom stereocenters. The Morgan fingerprint density at radius 3 is 2.33 bits per heavy atom. The predicted molar refractivity (Wildman–Crippen MR) is 71.9 cm³/mol. The lowest BCUT2D eigenvalue weighted by atomic mass is 9.61. The summed E-state index contributed by atoms with van der Waals surface area (Å²) in [5, 5.41) is 2.93. The van der Waals surface area contributed by atoms with Gasteiger partial charge in [0.25, 0.3) is 0 Å². The molecule has 1 spiro atoms. The normalized spacial score (nSPS) is 21.9. The summed E-state index contributed by atoms with van der Waals surface area (Å²) in [6, 6.07) is 0.146. The molecule has 1 aliphatic carbocycles. The summed E-state index contributed by atoms with van der Waals surface area (Å²) in [4.78, 5) is 13.5. The van der Waals surface area contributed by atoms with E-state index in [0.717, 1.165) is 12.8 Å². The van der Waals surface area contributed by atoms with Gasteiger partial charge >= 0.3 is 12.3 Å². The molecule has 2 aliphatic rings. The minimum Gasteiger partial charge on any atom is -0.444 e. The molecule has 1 N–H and O–H groups in total. The number of rotatable bonds is 3. The molecule has 1 aliphatic heterocycles. The first-order chi connectivity index (χ1) is 9.48. The number of nitrogens with one attached hydrogen (secondary N) is 1. The number of hydrogen-bond acceptors (Lipinski definition) is 3. The largest absolute Gasteiger partial charge is 0.444 e. The highest BCUT2D eigenvalue weighted by atomic mass is 19.4. The molecule has 2 fully saturated rings. The summed E-state index contributed by atoms with van der Waals surface area (Å²) in [6.07, 6.45) is -3.52. The SMILES string of the molecule is CC(C)(C)OC(=O)N1CC2(CC(NCCC(F)(F)F)C2)C1. The minimum atomic E-state index is -4.10. The van der Waals surface area contributed by atoms with Crippen LogP contribution >= 0.6 is 0 Å². The van der Waals surface area contributed by atoms with Crippen molar-refractivity contribution in [1.29, 1.82) is 0 Å². The summed E-state index contributed by atoms with van der Waals surface area (Å²) < 4.78 is 41.4. The first kappa shape index (κ1) is 16.4. The van der Waals surface area contributed by atoms with Gasteiger partial charge in [0.2, 0.25) is 0 Å². The summed E-state index contributed by atoms with van der Waals surface area (Å²) in [7, 11) is 0. The van der Waals surface area contributed by atoms with Gasteiger partial charge in [-0.2, -0.15) is 13.2 Å². The van der Waals surface area contributed by atoms with Gasteiger partial charge in [0.05, 0.1) is 6.42 Å². The molecule has 0 aromatic heterocycles. The van der Waals surface area contributed by atoms with Gasteiger partial charge in [0.15, 0.2) is 0 Å². The summed E-state index contributed by atoms with van der Waals surface area (Å²) in [5.74, 6) is 0. The van der Waals surface area contributed by atoms with E-state index < -0.39 is 18.2 Å². The lowest BCUT2D eigenvalue weighted by Gasteiger charge is -2.58. The monoisotopic (exact) mass is 308 g/mol. The molecule has 0 bridgehead atoms. The maximum atomic E-state index is 12.0. The van der Waals surface area contributed by atoms with Crippen LogP contribution in [0.1, 0.15) is 40.0 Å². The average molecular weight is 308 g/mol. The quantitative estimate of drug-likeness (QED) is 0.871. The lowest BCUT2D eigenvalue weighted by Crippen LogP contribution is -2.67. The highest BCUT2D eigenvalue weighted by Gasteiger charge is 2.54. The first-order valence-corrected chi connectivity index (χ1v) is 7.26. The van der Waals surface area contributed by atoms with E-state index >= 15 is 0 Å². The number of carbonyl (C=O) groups is 1. The number of ether oxygens (including phenoxy) is 1. The van der Waals surface area contributed by atoms with Crippen LogP contribution < -0.4 is 5.32 Å². The molecule has 122 valence electrons. The summed E-state index contributed by atoms with van der Waals surface area (Å²) in [5.41, 5.74) is -0.395. The van der Waals surface area contributed by atoms with Crippen molar-refractivity contribution in [3.8, 4) is 0 Å². The van der Waals surface area contributed by atoms with Crippen molar-refractivity contribution in [1.82, 2.24) is 10.2 Å². The fourth-order valence-electron chi connectivity index (χ4n) is 3.03. The Morgan fingerprint density at radius 2 is 1.86 bits per heavy atom. The minimum absolute atomic E-state index is 0.0278. The molecule has 0 aromatic rings. The number of hydrogen-bond donors (Lipinski definition) is 1. The number of likely N-dealkylation sites (tertiary alicyclic amines) is 1. The Labute approximate surface area is 123 Å². The Balaban J connectivity index is 1.62. The van der Waals surface area contributed by atoms with E-state index in [4.69, 9.17) is 4.74 Å². The molecule has 0 atom stereocenters. The molecular weight excluding hydrogens is 285 g/mol. The third kappa shape index (κ3) is 4.49. The molecule has 1 saturated carbocycles. The van der Waals surface area contributed by atoms with Crippen LogP contribution in [-0.4, -0.2) is 48.4 Å². The maximum Gasteiger partial charge on any atom is 0.410 e. The van der Waals surface area contributed by atoms with Gasteiger partial charge in [-0.05, 0) is 33.6 Å².